The molecule has 146 valence electrons. The third kappa shape index (κ3) is 2.97. The van der Waals surface area contributed by atoms with Crippen molar-refractivity contribution in [2.45, 2.75) is 51.5 Å². The van der Waals surface area contributed by atoms with Crippen LogP contribution in [0.4, 0.5) is 0 Å². The first-order valence-electron chi connectivity index (χ1n) is 10.6. The van der Waals surface area contributed by atoms with Crippen LogP contribution in [0, 0.1) is 23.2 Å². The van der Waals surface area contributed by atoms with Crippen LogP contribution in [0.3, 0.4) is 0 Å². The molecule has 4 fully saturated rings. The van der Waals surface area contributed by atoms with Crippen molar-refractivity contribution >= 4 is 5.78 Å². The maximum atomic E-state index is 13.4. The Labute approximate surface area is 162 Å². The second-order valence-electron chi connectivity index (χ2n) is 9.56. The summed E-state index contributed by atoms with van der Waals surface area (Å²) in [6.45, 7) is 2.42. The fraction of sp³-hybridized carbons (Fsp3) is 0.696. The van der Waals surface area contributed by atoms with E-state index in [1.165, 1.54) is 49.7 Å². The Kier molecular flexibility index (Phi) is 4.23. The Morgan fingerprint density at radius 3 is 2.11 bits per heavy atom. The average Bonchev–Trinajstić information content (AvgIpc) is 2.65. The van der Waals surface area contributed by atoms with Gasteiger partial charge in [-0.05, 0) is 86.0 Å². The van der Waals surface area contributed by atoms with Crippen LogP contribution in [-0.4, -0.2) is 38.0 Å². The second-order valence-corrected chi connectivity index (χ2v) is 9.56. The molecule has 4 saturated carbocycles. The van der Waals surface area contributed by atoms with Gasteiger partial charge >= 0.3 is 0 Å². The van der Waals surface area contributed by atoms with Crippen LogP contribution in [0.2, 0.25) is 0 Å². The van der Waals surface area contributed by atoms with E-state index >= 15 is 0 Å². The van der Waals surface area contributed by atoms with Crippen molar-refractivity contribution in [2.75, 3.05) is 27.3 Å². The van der Waals surface area contributed by atoms with Gasteiger partial charge in [0.05, 0.1) is 20.8 Å². The molecule has 6 rings (SSSR count). The van der Waals surface area contributed by atoms with Crippen LogP contribution in [-0.2, 0) is 17.8 Å². The maximum absolute atomic E-state index is 13.4. The van der Waals surface area contributed by atoms with Gasteiger partial charge in [0.25, 0.3) is 0 Å². The van der Waals surface area contributed by atoms with Gasteiger partial charge in [-0.25, -0.2) is 0 Å². The molecule has 4 aliphatic carbocycles. The van der Waals surface area contributed by atoms with E-state index in [4.69, 9.17) is 9.47 Å². The topological polar surface area (TPSA) is 38.8 Å². The van der Waals surface area contributed by atoms with Crippen LogP contribution in [0.25, 0.3) is 0 Å². The molecule has 1 heterocycles. The molecule has 5 aliphatic rings. The Balaban J connectivity index is 1.31. The van der Waals surface area contributed by atoms with Gasteiger partial charge in [0, 0.05) is 18.5 Å². The van der Waals surface area contributed by atoms with Crippen molar-refractivity contribution in [3.8, 4) is 11.5 Å². The number of ether oxygens (including phenoxy) is 2. The van der Waals surface area contributed by atoms with Crippen LogP contribution in [0.15, 0.2) is 12.1 Å². The molecule has 0 amide bonds. The molecule has 0 aromatic heterocycles. The molecule has 0 radical (unpaired) electrons. The summed E-state index contributed by atoms with van der Waals surface area (Å²) < 4.78 is 10.9. The fourth-order valence-electron chi connectivity index (χ4n) is 6.90. The minimum absolute atomic E-state index is 0.0205. The molecule has 0 unspecified atom stereocenters. The number of carbonyl (C=O) groups excluding carboxylic acids is 1. The first kappa shape index (κ1) is 17.5. The minimum atomic E-state index is 0.0205. The van der Waals surface area contributed by atoms with Crippen LogP contribution < -0.4 is 9.47 Å². The first-order valence-corrected chi connectivity index (χ1v) is 10.6. The zero-order valence-electron chi connectivity index (χ0n) is 16.6. The lowest BCUT2D eigenvalue weighted by atomic mass is 9.48. The van der Waals surface area contributed by atoms with Crippen molar-refractivity contribution in [1.29, 1.82) is 0 Å². The van der Waals surface area contributed by atoms with E-state index in [0.717, 1.165) is 48.8 Å². The smallest absolute Gasteiger partial charge is 0.161 e. The first-order chi connectivity index (χ1) is 13.1. The van der Waals surface area contributed by atoms with Gasteiger partial charge in [0.1, 0.15) is 0 Å². The van der Waals surface area contributed by atoms with Crippen molar-refractivity contribution in [3.05, 3.63) is 23.3 Å². The third-order valence-electron chi connectivity index (χ3n) is 7.79. The molecule has 4 heteroatoms. The lowest BCUT2D eigenvalue weighted by Crippen LogP contribution is -2.52. The summed E-state index contributed by atoms with van der Waals surface area (Å²) in [5.74, 6) is 4.61. The van der Waals surface area contributed by atoms with Gasteiger partial charge in [-0.15, -0.1) is 0 Å². The molecule has 0 saturated heterocycles. The summed E-state index contributed by atoms with van der Waals surface area (Å²) in [7, 11) is 3.37. The standard InChI is InChI=1S/C23H31NO3/c1-26-20-8-18-3-4-24(13-19(18)9-21(20)27-2)14-22(25)23-10-15-5-16(11-23)7-17(6-15)12-23/h8-9,15-17H,3-7,10-14H2,1-2H3. The summed E-state index contributed by atoms with van der Waals surface area (Å²) in [6.07, 6.45) is 8.68. The monoisotopic (exact) mass is 369 g/mol. The minimum Gasteiger partial charge on any atom is -0.493 e. The Bertz CT molecular complexity index is 721. The number of rotatable bonds is 5. The highest BCUT2D eigenvalue weighted by Crippen LogP contribution is 2.60. The number of benzene rings is 1. The maximum Gasteiger partial charge on any atom is 0.161 e. The summed E-state index contributed by atoms with van der Waals surface area (Å²) in [4.78, 5) is 15.8. The lowest BCUT2D eigenvalue weighted by molar-refractivity contribution is -0.145. The SMILES string of the molecule is COc1cc2c(cc1OC)CN(CC(=O)C13CC4CC(CC(C4)C1)C3)CC2. The van der Waals surface area contributed by atoms with Gasteiger partial charge in [0.2, 0.25) is 0 Å². The number of methoxy groups -OCH3 is 2. The highest BCUT2D eigenvalue weighted by atomic mass is 16.5. The molecule has 1 aromatic rings. The van der Waals surface area contributed by atoms with Gasteiger partial charge in [-0.1, -0.05) is 0 Å². The van der Waals surface area contributed by atoms with Crippen LogP contribution in [0.5, 0.6) is 11.5 Å². The normalized spacial score (nSPS) is 34.4. The van der Waals surface area contributed by atoms with Crippen molar-refractivity contribution < 1.29 is 14.3 Å². The molecule has 27 heavy (non-hydrogen) atoms. The molecule has 0 atom stereocenters. The van der Waals surface area contributed by atoms with Gasteiger partial charge in [0.15, 0.2) is 17.3 Å². The molecule has 1 aliphatic heterocycles. The second kappa shape index (κ2) is 6.51. The Morgan fingerprint density at radius 2 is 1.56 bits per heavy atom. The van der Waals surface area contributed by atoms with Crippen molar-refractivity contribution in [1.82, 2.24) is 4.90 Å². The predicted octanol–water partition coefficient (Wildman–Crippen LogP) is 3.85. The Morgan fingerprint density at radius 1 is 1.00 bits per heavy atom. The van der Waals surface area contributed by atoms with Gasteiger partial charge in [-0.2, -0.15) is 0 Å². The highest BCUT2D eigenvalue weighted by Gasteiger charge is 2.54. The highest BCUT2D eigenvalue weighted by molar-refractivity contribution is 5.87. The number of ketones is 1. The van der Waals surface area contributed by atoms with E-state index in [2.05, 4.69) is 17.0 Å². The van der Waals surface area contributed by atoms with E-state index in [1.807, 2.05) is 0 Å². The molecular weight excluding hydrogens is 338 g/mol. The third-order valence-corrected chi connectivity index (χ3v) is 7.79. The quantitative estimate of drug-likeness (QED) is 0.790. The predicted molar refractivity (Wildman–Crippen MR) is 104 cm³/mol. The number of carbonyl (C=O) groups is 1. The fourth-order valence-corrected chi connectivity index (χ4v) is 6.90. The number of fused-ring (bicyclic) bond motifs is 1. The van der Waals surface area contributed by atoms with E-state index in [-0.39, 0.29) is 5.41 Å². The van der Waals surface area contributed by atoms with Crippen LogP contribution >= 0.6 is 0 Å². The molecule has 4 nitrogen and oxygen atoms in total. The van der Waals surface area contributed by atoms with Crippen molar-refractivity contribution in [3.63, 3.8) is 0 Å². The van der Waals surface area contributed by atoms with E-state index in [1.54, 1.807) is 14.2 Å². The van der Waals surface area contributed by atoms with Crippen molar-refractivity contribution in [2.24, 2.45) is 23.2 Å². The van der Waals surface area contributed by atoms with E-state index in [0.29, 0.717) is 12.3 Å². The van der Waals surface area contributed by atoms with Crippen LogP contribution in [0.1, 0.15) is 49.7 Å². The van der Waals surface area contributed by atoms with Gasteiger partial charge in [-0.3, -0.25) is 9.69 Å². The number of Topliss-reactive ketones (excluding diaryl/α,β-unsaturated/α-hetero) is 1. The summed E-state index contributed by atoms with van der Waals surface area (Å²) in [6, 6.07) is 4.20. The largest absolute Gasteiger partial charge is 0.493 e. The number of nitrogens with zero attached hydrogens (tertiary/aromatic N) is 1. The number of hydrogen-bond acceptors (Lipinski definition) is 4. The summed E-state index contributed by atoms with van der Waals surface area (Å²) in [5.41, 5.74) is 2.62. The molecule has 1 aromatic carbocycles. The lowest BCUT2D eigenvalue weighted by Gasteiger charge is -2.56. The van der Waals surface area contributed by atoms with E-state index in [9.17, 15) is 4.79 Å². The Hall–Kier alpha value is -1.55. The summed E-state index contributed by atoms with van der Waals surface area (Å²) in [5, 5.41) is 0. The molecule has 0 spiro atoms. The zero-order chi connectivity index (χ0) is 18.6. The molecular formula is C23H31NO3. The summed E-state index contributed by atoms with van der Waals surface area (Å²) >= 11 is 0. The average molecular weight is 370 g/mol. The van der Waals surface area contributed by atoms with E-state index < -0.39 is 0 Å². The van der Waals surface area contributed by atoms with Gasteiger partial charge < -0.3 is 9.47 Å². The number of hydrogen-bond donors (Lipinski definition) is 0. The molecule has 4 bridgehead atoms. The zero-order valence-corrected chi connectivity index (χ0v) is 16.6. The molecule has 0 N–H and O–H groups in total.